The molecule has 0 aliphatic heterocycles. The van der Waals surface area contributed by atoms with Gasteiger partial charge in [0.15, 0.2) is 0 Å². The van der Waals surface area contributed by atoms with Crippen molar-refractivity contribution in [3.05, 3.63) is 29.8 Å². The fraction of sp³-hybridized carbons (Fsp3) is 0.533. The second kappa shape index (κ2) is 6.28. The highest BCUT2D eigenvalue weighted by Gasteiger charge is 2.22. The Labute approximate surface area is 115 Å². The highest BCUT2D eigenvalue weighted by molar-refractivity contribution is 7.80. The zero-order valence-corrected chi connectivity index (χ0v) is 11.8. The van der Waals surface area contributed by atoms with Crippen LogP contribution >= 0.6 is 12.6 Å². The molecule has 0 heterocycles. The molecule has 0 aromatic heterocycles. The zero-order chi connectivity index (χ0) is 13.0. The Bertz CT molecular complexity index is 397. The van der Waals surface area contributed by atoms with Crippen LogP contribution in [0.1, 0.15) is 31.7 Å². The molecule has 0 unspecified atom stereocenters. The van der Waals surface area contributed by atoms with Gasteiger partial charge in [-0.1, -0.05) is 18.6 Å². The SMILES string of the molecule is CCN(CC1CCC1)C(=O)Cc1ccc(S)cc1. The van der Waals surface area contributed by atoms with Crippen LogP contribution < -0.4 is 0 Å². The van der Waals surface area contributed by atoms with E-state index >= 15 is 0 Å². The molecule has 3 heteroatoms. The molecule has 1 aliphatic carbocycles. The van der Waals surface area contributed by atoms with Crippen LogP contribution in [-0.2, 0) is 11.2 Å². The summed E-state index contributed by atoms with van der Waals surface area (Å²) in [6, 6.07) is 7.84. The fourth-order valence-electron chi connectivity index (χ4n) is 2.29. The number of nitrogens with zero attached hydrogens (tertiary/aromatic N) is 1. The molecule has 0 bridgehead atoms. The van der Waals surface area contributed by atoms with E-state index in [-0.39, 0.29) is 5.91 Å². The summed E-state index contributed by atoms with van der Waals surface area (Å²) in [5.41, 5.74) is 1.07. The van der Waals surface area contributed by atoms with Crippen molar-refractivity contribution in [2.24, 2.45) is 5.92 Å². The van der Waals surface area contributed by atoms with Gasteiger partial charge in [-0.05, 0) is 43.4 Å². The lowest BCUT2D eigenvalue weighted by Crippen LogP contribution is -2.38. The third-order valence-electron chi connectivity index (χ3n) is 3.73. The van der Waals surface area contributed by atoms with E-state index in [0.717, 1.165) is 29.5 Å². The summed E-state index contributed by atoms with van der Waals surface area (Å²) >= 11 is 4.25. The van der Waals surface area contributed by atoms with E-state index in [2.05, 4.69) is 19.6 Å². The van der Waals surface area contributed by atoms with Gasteiger partial charge in [-0.2, -0.15) is 0 Å². The van der Waals surface area contributed by atoms with Gasteiger partial charge in [-0.25, -0.2) is 0 Å². The maximum absolute atomic E-state index is 12.2. The first-order valence-electron chi connectivity index (χ1n) is 6.74. The molecule has 0 atom stereocenters. The van der Waals surface area contributed by atoms with Crippen molar-refractivity contribution >= 4 is 18.5 Å². The minimum atomic E-state index is 0.247. The maximum atomic E-state index is 12.2. The van der Waals surface area contributed by atoms with Crippen LogP contribution in [-0.4, -0.2) is 23.9 Å². The molecule has 0 spiro atoms. The summed E-state index contributed by atoms with van der Waals surface area (Å²) in [4.78, 5) is 15.1. The molecule has 0 N–H and O–H groups in total. The van der Waals surface area contributed by atoms with Gasteiger partial charge < -0.3 is 4.90 Å². The molecule has 1 fully saturated rings. The average Bonchev–Trinajstić information content (AvgIpc) is 2.31. The number of hydrogen-bond acceptors (Lipinski definition) is 2. The second-order valence-corrected chi connectivity index (χ2v) is 5.59. The third-order valence-corrected chi connectivity index (χ3v) is 4.03. The van der Waals surface area contributed by atoms with Crippen LogP contribution in [0.15, 0.2) is 29.2 Å². The number of hydrogen-bond donors (Lipinski definition) is 1. The summed E-state index contributed by atoms with van der Waals surface area (Å²) in [6.07, 6.45) is 4.42. The minimum Gasteiger partial charge on any atom is -0.342 e. The Morgan fingerprint density at radius 2 is 2.00 bits per heavy atom. The molecule has 18 heavy (non-hydrogen) atoms. The van der Waals surface area contributed by atoms with Gasteiger partial charge >= 0.3 is 0 Å². The first kappa shape index (κ1) is 13.5. The summed E-state index contributed by atoms with van der Waals surface area (Å²) < 4.78 is 0. The Morgan fingerprint density at radius 1 is 1.33 bits per heavy atom. The van der Waals surface area contributed by atoms with E-state index in [9.17, 15) is 4.79 Å². The van der Waals surface area contributed by atoms with Crippen molar-refractivity contribution in [3.8, 4) is 0 Å². The molecule has 2 rings (SSSR count). The van der Waals surface area contributed by atoms with Crippen molar-refractivity contribution in [1.82, 2.24) is 4.90 Å². The Hall–Kier alpha value is -0.960. The summed E-state index contributed by atoms with van der Waals surface area (Å²) in [6.45, 7) is 3.83. The van der Waals surface area contributed by atoms with Gasteiger partial charge in [0.25, 0.3) is 0 Å². The Kier molecular flexibility index (Phi) is 4.70. The molecular formula is C15H21NOS. The van der Waals surface area contributed by atoms with Gasteiger partial charge in [0.2, 0.25) is 5.91 Å². The summed E-state index contributed by atoms with van der Waals surface area (Å²) in [5, 5.41) is 0. The monoisotopic (exact) mass is 263 g/mol. The molecule has 1 aliphatic rings. The van der Waals surface area contributed by atoms with Gasteiger partial charge in [-0.3, -0.25) is 4.79 Å². The number of thiol groups is 1. The minimum absolute atomic E-state index is 0.247. The summed E-state index contributed by atoms with van der Waals surface area (Å²) in [5.74, 6) is 0.991. The molecule has 0 radical (unpaired) electrons. The van der Waals surface area contributed by atoms with Crippen LogP contribution in [0.2, 0.25) is 0 Å². The van der Waals surface area contributed by atoms with E-state index in [1.165, 1.54) is 19.3 Å². The van der Waals surface area contributed by atoms with Gasteiger partial charge in [0.1, 0.15) is 0 Å². The van der Waals surface area contributed by atoms with Crippen molar-refractivity contribution in [3.63, 3.8) is 0 Å². The van der Waals surface area contributed by atoms with Crippen LogP contribution in [0.4, 0.5) is 0 Å². The number of amides is 1. The molecule has 1 aromatic carbocycles. The molecule has 1 amide bonds. The Balaban J connectivity index is 1.89. The predicted octanol–water partition coefficient (Wildman–Crippen LogP) is 3.17. The van der Waals surface area contributed by atoms with Gasteiger partial charge in [0, 0.05) is 18.0 Å². The van der Waals surface area contributed by atoms with Crippen LogP contribution in [0.5, 0.6) is 0 Å². The predicted molar refractivity (Wildman–Crippen MR) is 77.0 cm³/mol. The number of carbonyl (C=O) groups excluding carboxylic acids is 1. The van der Waals surface area contributed by atoms with Crippen LogP contribution in [0, 0.1) is 5.92 Å². The van der Waals surface area contributed by atoms with Crippen molar-refractivity contribution < 1.29 is 4.79 Å². The quantitative estimate of drug-likeness (QED) is 0.809. The topological polar surface area (TPSA) is 20.3 Å². The van der Waals surface area contributed by atoms with E-state index in [0.29, 0.717) is 6.42 Å². The molecule has 98 valence electrons. The lowest BCUT2D eigenvalue weighted by atomic mass is 9.85. The molecule has 1 aromatic rings. The van der Waals surface area contributed by atoms with E-state index in [4.69, 9.17) is 0 Å². The lowest BCUT2D eigenvalue weighted by molar-refractivity contribution is -0.131. The molecular weight excluding hydrogens is 242 g/mol. The van der Waals surface area contributed by atoms with Crippen molar-refractivity contribution in [1.29, 1.82) is 0 Å². The normalized spacial score (nSPS) is 15.2. The number of likely N-dealkylation sites (N-methyl/N-ethyl adjacent to an activating group) is 1. The molecule has 1 saturated carbocycles. The first-order chi connectivity index (χ1) is 8.69. The zero-order valence-electron chi connectivity index (χ0n) is 10.9. The lowest BCUT2D eigenvalue weighted by Gasteiger charge is -2.31. The highest BCUT2D eigenvalue weighted by Crippen LogP contribution is 2.27. The second-order valence-electron chi connectivity index (χ2n) is 5.07. The van der Waals surface area contributed by atoms with E-state index in [1.807, 2.05) is 29.2 Å². The fourth-order valence-corrected chi connectivity index (χ4v) is 2.44. The van der Waals surface area contributed by atoms with Gasteiger partial charge in [0.05, 0.1) is 6.42 Å². The van der Waals surface area contributed by atoms with Crippen molar-refractivity contribution in [2.45, 2.75) is 37.5 Å². The number of carbonyl (C=O) groups is 1. The first-order valence-corrected chi connectivity index (χ1v) is 7.19. The van der Waals surface area contributed by atoms with E-state index < -0.39 is 0 Å². The Morgan fingerprint density at radius 3 is 2.50 bits per heavy atom. The smallest absolute Gasteiger partial charge is 0.226 e. The standard InChI is InChI=1S/C15H21NOS/c1-2-16(11-13-4-3-5-13)15(17)10-12-6-8-14(18)9-7-12/h6-9,13,18H,2-5,10-11H2,1H3. The number of benzene rings is 1. The number of rotatable bonds is 5. The van der Waals surface area contributed by atoms with E-state index in [1.54, 1.807) is 0 Å². The van der Waals surface area contributed by atoms with Crippen LogP contribution in [0.25, 0.3) is 0 Å². The largest absolute Gasteiger partial charge is 0.342 e. The molecule has 0 saturated heterocycles. The summed E-state index contributed by atoms with van der Waals surface area (Å²) in [7, 11) is 0. The average molecular weight is 263 g/mol. The highest BCUT2D eigenvalue weighted by atomic mass is 32.1. The van der Waals surface area contributed by atoms with Crippen molar-refractivity contribution in [2.75, 3.05) is 13.1 Å². The maximum Gasteiger partial charge on any atom is 0.226 e. The third kappa shape index (κ3) is 3.52. The van der Waals surface area contributed by atoms with Crippen LogP contribution in [0.3, 0.4) is 0 Å². The molecule has 2 nitrogen and oxygen atoms in total. The van der Waals surface area contributed by atoms with Gasteiger partial charge in [-0.15, -0.1) is 12.6 Å².